The van der Waals surface area contributed by atoms with Crippen LogP contribution in [0.25, 0.3) is 0 Å². The molecule has 6 nitrogen and oxygen atoms in total. The van der Waals surface area contributed by atoms with Crippen LogP contribution in [0.5, 0.6) is 0 Å². The second kappa shape index (κ2) is 5.63. The molecule has 1 aromatic carbocycles. The molecule has 114 valence electrons. The molecule has 0 saturated carbocycles. The Hall–Kier alpha value is -2.24. The highest BCUT2D eigenvalue weighted by Crippen LogP contribution is 2.24. The number of nitrogens with zero attached hydrogens (tertiary/aromatic N) is 2. The topological polar surface area (TPSA) is 75.9 Å². The number of rotatable bonds is 2. The van der Waals surface area contributed by atoms with Crippen LogP contribution in [-0.4, -0.2) is 41.8 Å². The monoisotopic (exact) mass is 291 g/mol. The summed E-state index contributed by atoms with van der Waals surface area (Å²) in [6.45, 7) is 6.31. The Morgan fingerprint density at radius 2 is 1.81 bits per heavy atom. The van der Waals surface area contributed by atoms with Gasteiger partial charge in [-0.3, -0.25) is 4.90 Å². The molecule has 0 radical (unpaired) electrons. The molecule has 1 heterocycles. The maximum atomic E-state index is 11.9. The van der Waals surface area contributed by atoms with Crippen molar-refractivity contribution < 1.29 is 14.3 Å². The third-order valence-electron chi connectivity index (χ3n) is 3.15. The zero-order valence-corrected chi connectivity index (χ0v) is 12.6. The van der Waals surface area contributed by atoms with Crippen LogP contribution in [0.2, 0.25) is 0 Å². The summed E-state index contributed by atoms with van der Waals surface area (Å²) in [5, 5.41) is 0. The third kappa shape index (κ3) is 3.65. The van der Waals surface area contributed by atoms with E-state index in [1.165, 1.54) is 4.90 Å². The minimum Gasteiger partial charge on any atom is -0.444 e. The average Bonchev–Trinajstić information content (AvgIpc) is 2.31. The summed E-state index contributed by atoms with van der Waals surface area (Å²) in [5.41, 5.74) is 5.67. The normalized spacial score (nSPS) is 15.3. The summed E-state index contributed by atoms with van der Waals surface area (Å²) >= 11 is 0. The van der Waals surface area contributed by atoms with Crippen LogP contribution in [0.1, 0.15) is 20.8 Å². The first kappa shape index (κ1) is 15.2. The van der Waals surface area contributed by atoms with Crippen molar-refractivity contribution in [2.75, 3.05) is 18.0 Å². The Kier molecular flexibility index (Phi) is 4.06. The Morgan fingerprint density at radius 3 is 2.29 bits per heavy atom. The smallest absolute Gasteiger partial charge is 0.410 e. The van der Waals surface area contributed by atoms with Crippen LogP contribution in [0.3, 0.4) is 0 Å². The zero-order valence-electron chi connectivity index (χ0n) is 12.6. The van der Waals surface area contributed by atoms with Gasteiger partial charge in [-0.1, -0.05) is 18.2 Å². The molecule has 0 unspecified atom stereocenters. The molecule has 0 atom stereocenters. The molecule has 0 aliphatic carbocycles. The number of ether oxygens (including phenoxy) is 1. The van der Waals surface area contributed by atoms with Crippen molar-refractivity contribution in [1.29, 1.82) is 0 Å². The summed E-state index contributed by atoms with van der Waals surface area (Å²) in [6, 6.07) is 8.57. The van der Waals surface area contributed by atoms with Crippen molar-refractivity contribution in [1.82, 2.24) is 4.90 Å². The van der Waals surface area contributed by atoms with Crippen molar-refractivity contribution in [3.8, 4) is 0 Å². The second-order valence-corrected chi connectivity index (χ2v) is 6.08. The van der Waals surface area contributed by atoms with Gasteiger partial charge >= 0.3 is 12.1 Å². The average molecular weight is 291 g/mol. The van der Waals surface area contributed by atoms with Gasteiger partial charge in [0.1, 0.15) is 5.60 Å². The number of urea groups is 1. The van der Waals surface area contributed by atoms with Gasteiger partial charge in [-0.15, -0.1) is 0 Å². The summed E-state index contributed by atoms with van der Waals surface area (Å²) in [6.07, 6.45) is -0.365. The van der Waals surface area contributed by atoms with E-state index in [2.05, 4.69) is 0 Å². The number of para-hydroxylation sites is 1. The summed E-state index contributed by atoms with van der Waals surface area (Å²) < 4.78 is 5.29. The van der Waals surface area contributed by atoms with E-state index in [9.17, 15) is 9.59 Å². The van der Waals surface area contributed by atoms with E-state index in [0.29, 0.717) is 13.1 Å². The zero-order chi connectivity index (χ0) is 15.6. The van der Waals surface area contributed by atoms with Crippen LogP contribution < -0.4 is 10.6 Å². The van der Waals surface area contributed by atoms with Crippen molar-refractivity contribution in [3.63, 3.8) is 0 Å². The lowest BCUT2D eigenvalue weighted by Gasteiger charge is -2.44. The molecule has 0 bridgehead atoms. The molecule has 21 heavy (non-hydrogen) atoms. The molecule has 1 aliphatic heterocycles. The fourth-order valence-electron chi connectivity index (χ4n) is 2.20. The largest absolute Gasteiger partial charge is 0.444 e. The van der Waals surface area contributed by atoms with Gasteiger partial charge in [0.25, 0.3) is 0 Å². The van der Waals surface area contributed by atoms with Gasteiger partial charge in [0, 0.05) is 18.8 Å². The Morgan fingerprint density at radius 1 is 1.24 bits per heavy atom. The molecule has 0 aromatic heterocycles. The molecule has 6 heteroatoms. The number of carbonyl (C=O) groups is 2. The maximum Gasteiger partial charge on any atom is 0.410 e. The Labute approximate surface area is 124 Å². The quantitative estimate of drug-likeness (QED) is 0.907. The molecule has 2 rings (SSSR count). The second-order valence-electron chi connectivity index (χ2n) is 6.08. The predicted octanol–water partition coefficient (Wildman–Crippen LogP) is 2.19. The van der Waals surface area contributed by atoms with Gasteiger partial charge in [-0.05, 0) is 32.9 Å². The molecular formula is C15H21N3O3. The number of primary amides is 1. The Bertz CT molecular complexity index is 519. The minimum absolute atomic E-state index is 0.114. The van der Waals surface area contributed by atoms with Crippen molar-refractivity contribution in [2.45, 2.75) is 32.4 Å². The minimum atomic E-state index is -0.523. The SMILES string of the molecule is CC(C)(C)OC(=O)N1CC(N(C(N)=O)c2ccccc2)C1. The molecular weight excluding hydrogens is 270 g/mol. The Balaban J connectivity index is 1.98. The molecule has 1 saturated heterocycles. The number of benzene rings is 1. The van der Waals surface area contributed by atoms with Gasteiger partial charge < -0.3 is 15.4 Å². The molecule has 3 amide bonds. The van der Waals surface area contributed by atoms with Crippen molar-refractivity contribution in [2.24, 2.45) is 5.73 Å². The number of anilines is 1. The van der Waals surface area contributed by atoms with Crippen molar-refractivity contribution in [3.05, 3.63) is 30.3 Å². The van der Waals surface area contributed by atoms with Crippen LogP contribution in [-0.2, 0) is 4.74 Å². The van der Waals surface area contributed by atoms with Crippen LogP contribution in [0, 0.1) is 0 Å². The number of hydrogen-bond donors (Lipinski definition) is 1. The van der Waals surface area contributed by atoms with Gasteiger partial charge in [0.15, 0.2) is 0 Å². The first-order valence-electron chi connectivity index (χ1n) is 6.89. The standard InChI is InChI=1S/C15H21N3O3/c1-15(2,3)21-14(20)17-9-12(10-17)18(13(16)19)11-7-5-4-6-8-11/h4-8,12H,9-10H2,1-3H3,(H2,16,19). The summed E-state index contributed by atoms with van der Waals surface area (Å²) in [5.74, 6) is 0. The lowest BCUT2D eigenvalue weighted by atomic mass is 10.1. The van der Waals surface area contributed by atoms with Gasteiger partial charge in [-0.2, -0.15) is 0 Å². The van der Waals surface area contributed by atoms with E-state index in [1.54, 1.807) is 4.90 Å². The van der Waals surface area contributed by atoms with Crippen molar-refractivity contribution >= 4 is 17.8 Å². The maximum absolute atomic E-state index is 11.9. The van der Waals surface area contributed by atoms with E-state index in [-0.39, 0.29) is 12.1 Å². The highest BCUT2D eigenvalue weighted by Gasteiger charge is 2.39. The van der Waals surface area contributed by atoms with Gasteiger partial charge in [0.2, 0.25) is 0 Å². The van der Waals surface area contributed by atoms with Gasteiger partial charge in [-0.25, -0.2) is 9.59 Å². The van der Waals surface area contributed by atoms with Crippen LogP contribution in [0.4, 0.5) is 15.3 Å². The first-order chi connectivity index (χ1) is 9.78. The summed E-state index contributed by atoms with van der Waals surface area (Å²) in [7, 11) is 0. The molecule has 1 aliphatic rings. The first-order valence-corrected chi connectivity index (χ1v) is 6.89. The molecule has 2 N–H and O–H groups in total. The van der Waals surface area contributed by atoms with E-state index in [1.807, 2.05) is 51.1 Å². The van der Waals surface area contributed by atoms with E-state index >= 15 is 0 Å². The van der Waals surface area contributed by atoms with Crippen LogP contribution in [0.15, 0.2) is 30.3 Å². The number of hydrogen-bond acceptors (Lipinski definition) is 3. The third-order valence-corrected chi connectivity index (χ3v) is 3.15. The molecule has 0 spiro atoms. The number of likely N-dealkylation sites (tertiary alicyclic amines) is 1. The fraction of sp³-hybridized carbons (Fsp3) is 0.467. The fourth-order valence-corrected chi connectivity index (χ4v) is 2.20. The number of amides is 3. The van der Waals surface area contributed by atoms with E-state index < -0.39 is 11.6 Å². The molecule has 1 aromatic rings. The lowest BCUT2D eigenvalue weighted by Crippen LogP contribution is -2.64. The number of nitrogens with two attached hydrogens (primary N) is 1. The highest BCUT2D eigenvalue weighted by molar-refractivity contribution is 5.92. The van der Waals surface area contributed by atoms with E-state index in [0.717, 1.165) is 5.69 Å². The summed E-state index contributed by atoms with van der Waals surface area (Å²) in [4.78, 5) is 26.6. The molecule has 1 fully saturated rings. The van der Waals surface area contributed by atoms with Crippen LogP contribution >= 0.6 is 0 Å². The number of carbonyl (C=O) groups excluding carboxylic acids is 2. The van der Waals surface area contributed by atoms with E-state index in [4.69, 9.17) is 10.5 Å². The predicted molar refractivity (Wildman–Crippen MR) is 80.1 cm³/mol. The van der Waals surface area contributed by atoms with Gasteiger partial charge in [0.05, 0.1) is 6.04 Å². The lowest BCUT2D eigenvalue weighted by molar-refractivity contribution is 0.00869. The highest BCUT2D eigenvalue weighted by atomic mass is 16.6.